The van der Waals surface area contributed by atoms with Gasteiger partial charge in [-0.05, 0) is 0 Å². The molecule has 0 spiro atoms. The van der Waals surface area contributed by atoms with E-state index < -0.39 is 0 Å². The molecule has 0 saturated heterocycles. The van der Waals surface area contributed by atoms with E-state index in [0.717, 1.165) is 0 Å². The van der Waals surface area contributed by atoms with Crippen LogP contribution in [0.5, 0.6) is 0 Å². The van der Waals surface area contributed by atoms with Gasteiger partial charge in [-0.15, -0.1) is 0 Å². The van der Waals surface area contributed by atoms with Crippen LogP contribution in [-0.4, -0.2) is 12.8 Å². The first-order chi connectivity index (χ1) is 1.91. The van der Waals surface area contributed by atoms with Crippen LogP contribution in [0.1, 0.15) is 0 Å². The second kappa shape index (κ2) is 4.59. The van der Waals surface area contributed by atoms with E-state index >= 15 is 0 Å². The van der Waals surface area contributed by atoms with E-state index in [-0.39, 0.29) is 17.0 Å². The molecule has 0 nitrogen and oxygen atoms in total. The van der Waals surface area contributed by atoms with Gasteiger partial charge in [0.25, 0.3) is 0 Å². The molecule has 0 aliphatic carbocycles. The zero-order valence-electron chi connectivity index (χ0n) is 1.91. The molecule has 0 saturated carbocycles. The summed E-state index contributed by atoms with van der Waals surface area (Å²) in [6.45, 7) is 0. The molecular formula is B2I2-. The summed E-state index contributed by atoms with van der Waals surface area (Å²) in [6.07, 6.45) is 0. The quantitative estimate of drug-likeness (QED) is 0.356. The summed E-state index contributed by atoms with van der Waals surface area (Å²) < 4.78 is 0. The first kappa shape index (κ1) is 5.59. The maximum absolute atomic E-state index is 4.94. The molecule has 4 heteroatoms. The molecule has 0 aromatic heterocycles. The minimum absolute atomic E-state index is 0.233. The van der Waals surface area contributed by atoms with Crippen LogP contribution in [0.4, 0.5) is 0 Å². The van der Waals surface area contributed by atoms with Crippen molar-refractivity contribution in [2.24, 2.45) is 0 Å². The van der Waals surface area contributed by atoms with Crippen LogP contribution in [-0.2, 0) is 0 Å². The van der Waals surface area contributed by atoms with Crippen LogP contribution in [0.15, 0.2) is 0 Å². The van der Waals surface area contributed by atoms with Gasteiger partial charge in [-0.2, -0.15) is 0 Å². The monoisotopic (exact) mass is 276 g/mol. The average molecular weight is 275 g/mol. The summed E-state index contributed by atoms with van der Waals surface area (Å²) in [7, 11) is 4.94. The van der Waals surface area contributed by atoms with Gasteiger partial charge in [-0.3, -0.25) is 0 Å². The van der Waals surface area contributed by atoms with Gasteiger partial charge >= 0.3 is 48.4 Å². The summed E-state index contributed by atoms with van der Waals surface area (Å²) in [5.74, 6) is 0. The summed E-state index contributed by atoms with van der Waals surface area (Å²) >= 11 is 2.51. The van der Waals surface area contributed by atoms with Crippen LogP contribution in [0.25, 0.3) is 0 Å². The fourth-order valence-electron chi connectivity index (χ4n) is 0. The van der Waals surface area contributed by atoms with Crippen molar-refractivity contribution < 1.29 is 17.0 Å². The van der Waals surface area contributed by atoms with Gasteiger partial charge in [0.2, 0.25) is 0 Å². The average Bonchev–Trinajstić information content (AvgIpc) is 1.37. The van der Waals surface area contributed by atoms with Crippen molar-refractivity contribution >= 4 is 31.4 Å². The second-order valence-corrected chi connectivity index (χ2v) is 4.56. The Morgan fingerprint density at radius 3 is 2.25 bits per heavy atom. The van der Waals surface area contributed by atoms with Crippen molar-refractivity contribution in [3.05, 3.63) is 0 Å². The van der Waals surface area contributed by atoms with E-state index in [0.29, 0.717) is 0 Å². The Balaban J connectivity index is 1.97. The van der Waals surface area contributed by atoms with Crippen LogP contribution in [0.2, 0.25) is 0 Å². The van der Waals surface area contributed by atoms with E-state index in [1.54, 1.807) is 5.03 Å². The molecule has 0 N–H and O–H groups in total. The molecule has 0 heterocycles. The van der Waals surface area contributed by atoms with Crippen molar-refractivity contribution in [3.8, 4) is 0 Å². The number of hydrogen-bond donors (Lipinski definition) is 0. The summed E-state index contributed by atoms with van der Waals surface area (Å²) in [6, 6.07) is 0. The molecule has 0 aromatic carbocycles. The van der Waals surface area contributed by atoms with Gasteiger partial charge in [-0.25, -0.2) is 0 Å². The maximum atomic E-state index is 4.94. The molecular weight excluding hydrogens is 275 g/mol. The Kier molecular flexibility index (Phi) is 6.41. The van der Waals surface area contributed by atoms with Crippen molar-refractivity contribution in [2.45, 2.75) is 0 Å². The van der Waals surface area contributed by atoms with Gasteiger partial charge in [-0.1, -0.05) is 0 Å². The third-order valence-corrected chi connectivity index (χ3v) is 2.14. The van der Waals surface area contributed by atoms with Crippen LogP contribution >= 0.6 is 18.6 Å². The molecule has 0 aromatic rings. The van der Waals surface area contributed by atoms with Crippen LogP contribution in [0, 0.1) is 0 Å². The molecule has 0 aliphatic heterocycles. The Labute approximate surface area is 47.9 Å². The summed E-state index contributed by atoms with van der Waals surface area (Å²) in [5, 5.41) is 1.72. The zero-order chi connectivity index (χ0) is 3.41. The number of halogens is 2. The Morgan fingerprint density at radius 2 is 2.25 bits per heavy atom. The van der Waals surface area contributed by atoms with E-state index in [1.807, 2.05) is 0 Å². The van der Waals surface area contributed by atoms with E-state index in [9.17, 15) is 0 Å². The Hall–Kier alpha value is 1.59. The van der Waals surface area contributed by atoms with Gasteiger partial charge < -0.3 is 0 Å². The van der Waals surface area contributed by atoms with Crippen molar-refractivity contribution in [1.29, 1.82) is 0 Å². The number of hydrogen-bond acceptors (Lipinski definition) is 0. The van der Waals surface area contributed by atoms with Gasteiger partial charge in [0.05, 0.1) is 0 Å². The summed E-state index contributed by atoms with van der Waals surface area (Å²) in [5.41, 5.74) is 0. The first-order valence-electron chi connectivity index (χ1n) is 0.694. The second-order valence-electron chi connectivity index (χ2n) is 0.208. The SMILES string of the molecule is [B][B][I-]I. The van der Waals surface area contributed by atoms with E-state index in [4.69, 9.17) is 7.74 Å². The minimum atomic E-state index is 0.233. The molecule has 3 radical (unpaired) electrons. The van der Waals surface area contributed by atoms with Gasteiger partial charge in [0, 0.05) is 0 Å². The van der Waals surface area contributed by atoms with Crippen molar-refractivity contribution in [1.82, 2.24) is 0 Å². The molecule has 4 heavy (non-hydrogen) atoms. The van der Waals surface area contributed by atoms with Gasteiger partial charge in [0.15, 0.2) is 0 Å². The molecule has 0 unspecified atom stereocenters. The predicted molar refractivity (Wildman–Crippen MR) is 25.5 cm³/mol. The Bertz CT molecular complexity index is 6.00. The molecule has 21 valence electrons. The topological polar surface area (TPSA) is 0 Å². The normalized spacial score (nSPS) is 7.25. The fourth-order valence-corrected chi connectivity index (χ4v) is 0. The zero-order valence-corrected chi connectivity index (χ0v) is 6.23. The first-order valence-corrected chi connectivity index (χ1v) is 8.23. The third-order valence-electron chi connectivity index (χ3n) is 0.0476. The third kappa shape index (κ3) is 3.59. The summed E-state index contributed by atoms with van der Waals surface area (Å²) in [4.78, 5) is 0. The molecule has 0 bridgehead atoms. The fraction of sp³-hybridized carbons (Fsp3) is 0. The van der Waals surface area contributed by atoms with Gasteiger partial charge in [0.1, 0.15) is 0 Å². The molecule has 0 fully saturated rings. The van der Waals surface area contributed by atoms with Crippen LogP contribution < -0.4 is 17.0 Å². The molecule has 0 atom stereocenters. The Morgan fingerprint density at radius 1 is 2.00 bits per heavy atom. The number of rotatable bonds is 1. The molecule has 0 aliphatic rings. The predicted octanol–water partition coefficient (Wildman–Crippen LogP) is -2.87. The van der Waals surface area contributed by atoms with Crippen LogP contribution in [0.3, 0.4) is 0 Å². The molecule has 0 rings (SSSR count). The van der Waals surface area contributed by atoms with Crippen molar-refractivity contribution in [3.63, 3.8) is 0 Å². The standard InChI is InChI=1S/B2I2/c1-2-4-3/q-1. The van der Waals surface area contributed by atoms with Crippen molar-refractivity contribution in [2.75, 3.05) is 0 Å². The molecule has 0 amide bonds. The van der Waals surface area contributed by atoms with E-state index in [1.165, 1.54) is 0 Å². The van der Waals surface area contributed by atoms with E-state index in [2.05, 4.69) is 18.6 Å².